The molecule has 0 bridgehead atoms. The molecule has 3 aromatic rings. The van der Waals surface area contributed by atoms with Crippen LogP contribution in [0.2, 0.25) is 0 Å². The minimum atomic E-state index is 0.580. The Hall–Kier alpha value is -2.25. The number of halogens is 1. The van der Waals surface area contributed by atoms with Gasteiger partial charge in [0.2, 0.25) is 0 Å². The normalized spacial score (nSPS) is 10.3. The summed E-state index contributed by atoms with van der Waals surface area (Å²) < 4.78 is 6.71. The summed E-state index contributed by atoms with van der Waals surface area (Å²) in [6.07, 6.45) is 1.88. The van der Waals surface area contributed by atoms with Gasteiger partial charge in [-0.1, -0.05) is 6.07 Å². The second kappa shape index (κ2) is 4.79. The number of ether oxygens (including phenoxy) is 1. The highest BCUT2D eigenvalue weighted by atomic mass is 79.9. The summed E-state index contributed by atoms with van der Waals surface area (Å²) in [5.41, 5.74) is 1.63. The van der Waals surface area contributed by atoms with Gasteiger partial charge in [0.1, 0.15) is 11.5 Å². The molecule has 3 nitrogen and oxygen atoms in total. The van der Waals surface area contributed by atoms with Gasteiger partial charge in [0.05, 0.1) is 16.1 Å². The van der Waals surface area contributed by atoms with E-state index in [1.807, 2.05) is 30.5 Å². The number of benzene rings is 2. The molecule has 1 N–H and O–H groups in total. The largest absolute Gasteiger partial charge is 0.456 e. The molecule has 19 heavy (non-hydrogen) atoms. The Morgan fingerprint density at radius 1 is 1.16 bits per heavy atom. The van der Waals surface area contributed by atoms with E-state index in [0.717, 1.165) is 21.1 Å². The smallest absolute Gasteiger partial charge is 0.142 e. The first kappa shape index (κ1) is 11.8. The van der Waals surface area contributed by atoms with Gasteiger partial charge in [-0.15, -0.1) is 0 Å². The number of aromatic amines is 1. The summed E-state index contributed by atoms with van der Waals surface area (Å²) in [5, 5.41) is 9.94. The Morgan fingerprint density at radius 2 is 2.05 bits per heavy atom. The quantitative estimate of drug-likeness (QED) is 0.752. The van der Waals surface area contributed by atoms with Crippen LogP contribution in [-0.2, 0) is 0 Å². The first-order valence-corrected chi connectivity index (χ1v) is 6.51. The van der Waals surface area contributed by atoms with Crippen molar-refractivity contribution < 1.29 is 4.74 Å². The van der Waals surface area contributed by atoms with Crippen LogP contribution in [0.5, 0.6) is 11.5 Å². The Kier molecular flexibility index (Phi) is 2.98. The molecular weight excluding hydrogens is 304 g/mol. The average Bonchev–Trinajstić information content (AvgIpc) is 2.91. The maximum Gasteiger partial charge on any atom is 0.142 e. The van der Waals surface area contributed by atoms with Gasteiger partial charge >= 0.3 is 0 Å². The van der Waals surface area contributed by atoms with Crippen molar-refractivity contribution in [3.05, 3.63) is 58.7 Å². The summed E-state index contributed by atoms with van der Waals surface area (Å²) in [5.74, 6) is 1.37. The number of hydrogen-bond acceptors (Lipinski definition) is 2. The van der Waals surface area contributed by atoms with E-state index in [1.165, 1.54) is 0 Å². The standard InChI is InChI=1S/C15H9BrN2O/c16-15-12-6-7-18-13(12)4-5-14(15)19-11-3-1-2-10(8-11)9-17/h1-8,18H. The van der Waals surface area contributed by atoms with E-state index < -0.39 is 0 Å². The van der Waals surface area contributed by atoms with Gasteiger partial charge in [-0.25, -0.2) is 0 Å². The minimum absolute atomic E-state index is 0.580. The molecule has 0 aliphatic heterocycles. The van der Waals surface area contributed by atoms with E-state index in [0.29, 0.717) is 11.3 Å². The molecule has 92 valence electrons. The molecule has 0 saturated carbocycles. The number of hydrogen-bond donors (Lipinski definition) is 1. The molecule has 4 heteroatoms. The number of nitrogens with zero attached hydrogens (tertiary/aromatic N) is 1. The fraction of sp³-hybridized carbons (Fsp3) is 0. The molecule has 0 unspecified atom stereocenters. The van der Waals surface area contributed by atoms with Crippen LogP contribution in [-0.4, -0.2) is 4.98 Å². The van der Waals surface area contributed by atoms with E-state index in [-0.39, 0.29) is 0 Å². The molecule has 0 radical (unpaired) electrons. The minimum Gasteiger partial charge on any atom is -0.456 e. The third-order valence-corrected chi connectivity index (χ3v) is 3.64. The Labute approximate surface area is 118 Å². The number of aromatic nitrogens is 1. The fourth-order valence-corrected chi connectivity index (χ4v) is 2.47. The lowest BCUT2D eigenvalue weighted by atomic mass is 10.2. The first-order valence-electron chi connectivity index (χ1n) is 5.71. The molecule has 0 spiro atoms. The van der Waals surface area contributed by atoms with E-state index in [1.54, 1.807) is 18.2 Å². The van der Waals surface area contributed by atoms with Crippen LogP contribution in [0.25, 0.3) is 10.9 Å². The molecule has 1 aromatic heterocycles. The summed E-state index contributed by atoms with van der Waals surface area (Å²) in [6, 6.07) is 15.0. The van der Waals surface area contributed by atoms with Crippen LogP contribution in [0, 0.1) is 11.3 Å². The predicted octanol–water partition coefficient (Wildman–Crippen LogP) is 4.59. The van der Waals surface area contributed by atoms with Crippen LogP contribution >= 0.6 is 15.9 Å². The van der Waals surface area contributed by atoms with Crippen molar-refractivity contribution in [3.63, 3.8) is 0 Å². The van der Waals surface area contributed by atoms with Crippen LogP contribution in [0.1, 0.15) is 5.56 Å². The number of nitriles is 1. The van der Waals surface area contributed by atoms with Gasteiger partial charge in [-0.05, 0) is 52.3 Å². The van der Waals surface area contributed by atoms with Crippen LogP contribution in [0.15, 0.2) is 53.1 Å². The lowest BCUT2D eigenvalue weighted by Gasteiger charge is -2.08. The SMILES string of the molecule is N#Cc1cccc(Oc2ccc3[nH]ccc3c2Br)c1. The molecule has 0 aliphatic carbocycles. The van der Waals surface area contributed by atoms with Gasteiger partial charge in [0.25, 0.3) is 0 Å². The van der Waals surface area contributed by atoms with E-state index >= 15 is 0 Å². The van der Waals surface area contributed by atoms with Gasteiger partial charge in [-0.2, -0.15) is 5.26 Å². The number of rotatable bonds is 2. The lowest BCUT2D eigenvalue weighted by Crippen LogP contribution is -1.86. The molecule has 0 aliphatic rings. The van der Waals surface area contributed by atoms with Gasteiger partial charge in [0.15, 0.2) is 0 Å². The monoisotopic (exact) mass is 312 g/mol. The van der Waals surface area contributed by atoms with E-state index in [2.05, 4.69) is 27.0 Å². The third-order valence-electron chi connectivity index (χ3n) is 2.82. The Bertz CT molecular complexity index is 786. The highest BCUT2D eigenvalue weighted by molar-refractivity contribution is 9.10. The van der Waals surface area contributed by atoms with Crippen LogP contribution in [0.4, 0.5) is 0 Å². The molecule has 2 aromatic carbocycles. The van der Waals surface area contributed by atoms with Crippen molar-refractivity contribution in [3.8, 4) is 17.6 Å². The van der Waals surface area contributed by atoms with Gasteiger partial charge in [0, 0.05) is 17.1 Å². The van der Waals surface area contributed by atoms with E-state index in [4.69, 9.17) is 10.00 Å². The fourth-order valence-electron chi connectivity index (χ4n) is 1.91. The number of nitrogens with one attached hydrogen (secondary N) is 1. The lowest BCUT2D eigenvalue weighted by molar-refractivity contribution is 0.480. The molecular formula is C15H9BrN2O. The van der Waals surface area contributed by atoms with Gasteiger partial charge < -0.3 is 9.72 Å². The highest BCUT2D eigenvalue weighted by Gasteiger charge is 2.08. The molecule has 0 saturated heterocycles. The highest BCUT2D eigenvalue weighted by Crippen LogP contribution is 2.35. The average molecular weight is 313 g/mol. The molecule has 0 amide bonds. The van der Waals surface area contributed by atoms with Crippen LogP contribution in [0.3, 0.4) is 0 Å². The summed E-state index contributed by atoms with van der Waals surface area (Å²) in [6.45, 7) is 0. The second-order valence-corrected chi connectivity index (χ2v) is 4.85. The zero-order valence-corrected chi connectivity index (χ0v) is 11.4. The third kappa shape index (κ3) is 2.20. The number of H-pyrrole nitrogens is 1. The predicted molar refractivity (Wildman–Crippen MR) is 77.2 cm³/mol. The second-order valence-electron chi connectivity index (χ2n) is 4.06. The number of fused-ring (bicyclic) bond motifs is 1. The van der Waals surface area contributed by atoms with Crippen molar-refractivity contribution >= 4 is 26.8 Å². The molecule has 0 atom stereocenters. The Balaban J connectivity index is 2.01. The zero-order valence-electron chi connectivity index (χ0n) is 9.85. The molecule has 0 fully saturated rings. The zero-order chi connectivity index (χ0) is 13.2. The Morgan fingerprint density at radius 3 is 2.89 bits per heavy atom. The topological polar surface area (TPSA) is 48.8 Å². The summed E-state index contributed by atoms with van der Waals surface area (Å²) in [7, 11) is 0. The summed E-state index contributed by atoms with van der Waals surface area (Å²) >= 11 is 3.54. The summed E-state index contributed by atoms with van der Waals surface area (Å²) in [4.78, 5) is 3.14. The van der Waals surface area contributed by atoms with E-state index in [9.17, 15) is 0 Å². The van der Waals surface area contributed by atoms with Crippen molar-refractivity contribution in [2.24, 2.45) is 0 Å². The maximum absolute atomic E-state index is 8.88. The first-order chi connectivity index (χ1) is 9.28. The molecule has 1 heterocycles. The van der Waals surface area contributed by atoms with Gasteiger partial charge in [-0.3, -0.25) is 0 Å². The van der Waals surface area contributed by atoms with Crippen molar-refractivity contribution in [2.75, 3.05) is 0 Å². The van der Waals surface area contributed by atoms with Crippen molar-refractivity contribution in [1.82, 2.24) is 4.98 Å². The van der Waals surface area contributed by atoms with Crippen molar-refractivity contribution in [2.45, 2.75) is 0 Å². The maximum atomic E-state index is 8.88. The van der Waals surface area contributed by atoms with Crippen molar-refractivity contribution in [1.29, 1.82) is 5.26 Å². The van der Waals surface area contributed by atoms with Crippen LogP contribution < -0.4 is 4.74 Å². The molecule has 3 rings (SSSR count).